The molecule has 1 saturated heterocycles. The molecule has 0 radical (unpaired) electrons. The maximum atomic E-state index is 12.5. The van der Waals surface area contributed by atoms with Crippen molar-refractivity contribution in [2.75, 3.05) is 4.90 Å². The third-order valence-corrected chi connectivity index (χ3v) is 4.94. The van der Waals surface area contributed by atoms with Crippen LogP contribution in [-0.2, 0) is 9.59 Å². The van der Waals surface area contributed by atoms with E-state index in [1.54, 1.807) is 12.3 Å². The molecule has 2 amide bonds. The Labute approximate surface area is 119 Å². The lowest BCUT2D eigenvalue weighted by Crippen LogP contribution is -2.32. The lowest BCUT2D eigenvalue weighted by molar-refractivity contribution is -0.122. The molecular weight excluding hydrogens is 278 g/mol. The predicted molar refractivity (Wildman–Crippen MR) is 73.9 cm³/mol. The Bertz CT molecular complexity index is 620. The van der Waals surface area contributed by atoms with Crippen LogP contribution in [0.5, 0.6) is 0 Å². The molecule has 0 saturated carbocycles. The van der Waals surface area contributed by atoms with Crippen molar-refractivity contribution in [3.63, 3.8) is 0 Å². The van der Waals surface area contributed by atoms with Gasteiger partial charge in [-0.05, 0) is 30.7 Å². The molecule has 0 aromatic carbocycles. The van der Waals surface area contributed by atoms with Crippen molar-refractivity contribution in [2.24, 2.45) is 11.8 Å². The minimum Gasteiger partial charge on any atom is -0.477 e. The molecule has 0 unspecified atom stereocenters. The molecule has 5 nitrogen and oxygen atoms in total. The van der Waals surface area contributed by atoms with Crippen molar-refractivity contribution in [2.45, 2.75) is 19.8 Å². The number of aromatic carboxylic acids is 1. The molecule has 20 heavy (non-hydrogen) atoms. The molecule has 0 bridgehead atoms. The first-order valence-corrected chi connectivity index (χ1v) is 7.24. The van der Waals surface area contributed by atoms with Crippen molar-refractivity contribution in [3.05, 3.63) is 28.0 Å². The van der Waals surface area contributed by atoms with E-state index in [-0.39, 0.29) is 34.2 Å². The molecule has 1 aromatic rings. The maximum Gasteiger partial charge on any atom is 0.348 e. The number of thiophene rings is 1. The van der Waals surface area contributed by atoms with Crippen LogP contribution in [0.25, 0.3) is 0 Å². The van der Waals surface area contributed by atoms with Crippen LogP contribution >= 0.6 is 11.3 Å². The Morgan fingerprint density at radius 3 is 2.30 bits per heavy atom. The van der Waals surface area contributed by atoms with Gasteiger partial charge in [0.05, 0.1) is 17.5 Å². The fourth-order valence-electron chi connectivity index (χ4n) is 2.89. The van der Waals surface area contributed by atoms with Crippen molar-refractivity contribution in [3.8, 4) is 0 Å². The molecule has 2 heterocycles. The van der Waals surface area contributed by atoms with Crippen molar-refractivity contribution in [1.82, 2.24) is 0 Å². The number of fused-ring (bicyclic) bond motifs is 1. The summed E-state index contributed by atoms with van der Waals surface area (Å²) in [6.45, 7) is 1.72. The summed E-state index contributed by atoms with van der Waals surface area (Å²) in [6, 6.07) is 0. The molecule has 0 spiro atoms. The SMILES string of the molecule is Cc1csc(C(=O)O)c1N1C(=O)[C@H]2CC=CC[C@H]2C1=O. The van der Waals surface area contributed by atoms with Crippen LogP contribution in [0.3, 0.4) is 0 Å². The van der Waals surface area contributed by atoms with E-state index >= 15 is 0 Å². The highest BCUT2D eigenvalue weighted by atomic mass is 32.1. The van der Waals surface area contributed by atoms with Crippen LogP contribution in [0.15, 0.2) is 17.5 Å². The smallest absolute Gasteiger partial charge is 0.348 e. The maximum absolute atomic E-state index is 12.5. The number of nitrogens with zero attached hydrogens (tertiary/aromatic N) is 1. The summed E-state index contributed by atoms with van der Waals surface area (Å²) in [6.07, 6.45) is 4.93. The molecular formula is C14H13NO4S. The number of carbonyl (C=O) groups is 3. The number of carboxylic acids is 1. The van der Waals surface area contributed by atoms with Crippen LogP contribution in [-0.4, -0.2) is 22.9 Å². The molecule has 3 rings (SSSR count). The second-order valence-electron chi connectivity index (χ2n) is 5.07. The van der Waals surface area contributed by atoms with Crippen LogP contribution in [0.2, 0.25) is 0 Å². The summed E-state index contributed by atoms with van der Waals surface area (Å²) >= 11 is 1.05. The quantitative estimate of drug-likeness (QED) is 0.669. The van der Waals surface area contributed by atoms with E-state index in [0.29, 0.717) is 18.4 Å². The average molecular weight is 291 g/mol. The van der Waals surface area contributed by atoms with Gasteiger partial charge in [-0.2, -0.15) is 0 Å². The second-order valence-corrected chi connectivity index (χ2v) is 5.95. The molecule has 6 heteroatoms. The Balaban J connectivity index is 2.08. The summed E-state index contributed by atoms with van der Waals surface area (Å²) in [5.74, 6) is -2.32. The fraction of sp³-hybridized carbons (Fsp3) is 0.357. The van der Waals surface area contributed by atoms with Gasteiger partial charge in [-0.25, -0.2) is 9.69 Å². The van der Waals surface area contributed by atoms with E-state index < -0.39 is 5.97 Å². The van der Waals surface area contributed by atoms with Crippen molar-refractivity contribution >= 4 is 34.8 Å². The molecule has 1 aliphatic heterocycles. The van der Waals surface area contributed by atoms with Gasteiger partial charge in [-0.3, -0.25) is 9.59 Å². The highest BCUT2D eigenvalue weighted by molar-refractivity contribution is 7.12. The number of rotatable bonds is 2. The topological polar surface area (TPSA) is 74.7 Å². The Kier molecular flexibility index (Phi) is 2.97. The predicted octanol–water partition coefficient (Wildman–Crippen LogP) is 2.21. The first kappa shape index (κ1) is 13.1. The second kappa shape index (κ2) is 4.56. The monoisotopic (exact) mass is 291 g/mol. The highest BCUT2D eigenvalue weighted by Crippen LogP contribution is 2.41. The number of anilines is 1. The molecule has 104 valence electrons. The minimum absolute atomic E-state index is 0.0517. The first-order chi connectivity index (χ1) is 9.52. The number of hydrogen-bond donors (Lipinski definition) is 1. The average Bonchev–Trinajstić information content (AvgIpc) is 2.91. The van der Waals surface area contributed by atoms with Gasteiger partial charge in [-0.15, -0.1) is 11.3 Å². The summed E-state index contributed by atoms with van der Waals surface area (Å²) in [7, 11) is 0. The molecule has 2 aliphatic rings. The highest BCUT2D eigenvalue weighted by Gasteiger charge is 2.49. The molecule has 1 aliphatic carbocycles. The van der Waals surface area contributed by atoms with E-state index in [2.05, 4.69) is 0 Å². The molecule has 1 fully saturated rings. The molecule has 1 N–H and O–H groups in total. The van der Waals surface area contributed by atoms with E-state index in [1.165, 1.54) is 0 Å². The van der Waals surface area contributed by atoms with Gasteiger partial charge < -0.3 is 5.11 Å². The first-order valence-electron chi connectivity index (χ1n) is 6.36. The summed E-state index contributed by atoms with van der Waals surface area (Å²) in [5.41, 5.74) is 0.910. The normalized spacial score (nSPS) is 25.1. The standard InChI is InChI=1S/C14H13NO4S/c1-7-6-20-11(14(18)19)10(7)15-12(16)8-4-2-3-5-9(8)13(15)17/h2-3,6,8-9H,4-5H2,1H3,(H,18,19)/t8-,9+. The third-order valence-electron chi connectivity index (χ3n) is 3.87. The molecule has 2 atom stereocenters. The van der Waals surface area contributed by atoms with Gasteiger partial charge in [0.15, 0.2) is 0 Å². The number of carboxylic acid groups (broad SMARTS) is 1. The zero-order valence-corrected chi connectivity index (χ0v) is 11.6. The van der Waals surface area contributed by atoms with Crippen LogP contribution in [0, 0.1) is 18.8 Å². The summed E-state index contributed by atoms with van der Waals surface area (Å²) in [4.78, 5) is 37.3. The van der Waals surface area contributed by atoms with Crippen LogP contribution in [0.1, 0.15) is 28.1 Å². The van der Waals surface area contributed by atoms with Crippen molar-refractivity contribution in [1.29, 1.82) is 0 Å². The van der Waals surface area contributed by atoms with Gasteiger partial charge in [0.25, 0.3) is 0 Å². The van der Waals surface area contributed by atoms with Crippen LogP contribution in [0.4, 0.5) is 5.69 Å². The van der Waals surface area contributed by atoms with E-state index in [0.717, 1.165) is 16.2 Å². The number of allylic oxidation sites excluding steroid dienone is 2. The minimum atomic E-state index is -1.10. The summed E-state index contributed by atoms with van der Waals surface area (Å²) in [5, 5.41) is 10.9. The zero-order chi connectivity index (χ0) is 14.4. The Morgan fingerprint density at radius 1 is 1.25 bits per heavy atom. The van der Waals surface area contributed by atoms with E-state index in [4.69, 9.17) is 0 Å². The van der Waals surface area contributed by atoms with Crippen LogP contribution < -0.4 is 4.90 Å². The van der Waals surface area contributed by atoms with Gasteiger partial charge in [0.2, 0.25) is 11.8 Å². The van der Waals surface area contributed by atoms with Crippen molar-refractivity contribution < 1.29 is 19.5 Å². The number of imide groups is 1. The zero-order valence-electron chi connectivity index (χ0n) is 10.8. The fourth-order valence-corrected chi connectivity index (χ4v) is 3.76. The lowest BCUT2D eigenvalue weighted by atomic mass is 9.85. The van der Waals surface area contributed by atoms with Gasteiger partial charge in [0.1, 0.15) is 4.88 Å². The number of carbonyl (C=O) groups excluding carboxylic acids is 2. The largest absolute Gasteiger partial charge is 0.477 e. The third kappa shape index (κ3) is 1.71. The van der Waals surface area contributed by atoms with Gasteiger partial charge >= 0.3 is 5.97 Å². The number of amides is 2. The van der Waals surface area contributed by atoms with E-state index in [9.17, 15) is 19.5 Å². The Hall–Kier alpha value is -1.95. The van der Waals surface area contributed by atoms with E-state index in [1.807, 2.05) is 12.2 Å². The molecule has 1 aromatic heterocycles. The lowest BCUT2D eigenvalue weighted by Gasteiger charge is -2.15. The summed E-state index contributed by atoms with van der Waals surface area (Å²) < 4.78 is 0. The Morgan fingerprint density at radius 2 is 1.80 bits per heavy atom. The number of hydrogen-bond acceptors (Lipinski definition) is 4. The van der Waals surface area contributed by atoms with Gasteiger partial charge in [0, 0.05) is 0 Å². The number of aryl methyl sites for hydroxylation is 1. The van der Waals surface area contributed by atoms with Gasteiger partial charge in [-0.1, -0.05) is 12.2 Å².